The van der Waals surface area contributed by atoms with Gasteiger partial charge in [-0.3, -0.25) is 14.4 Å². The molecule has 0 saturated carbocycles. The Bertz CT molecular complexity index is 699. The molecule has 3 amide bonds. The molecule has 2 aromatic rings. The van der Waals surface area contributed by atoms with Gasteiger partial charge in [-0.05, 0) is 42.7 Å². The van der Waals surface area contributed by atoms with E-state index in [0.717, 1.165) is 4.90 Å². The van der Waals surface area contributed by atoms with Gasteiger partial charge in [0.2, 0.25) is 11.8 Å². The van der Waals surface area contributed by atoms with Gasteiger partial charge in [-0.25, -0.2) is 0 Å². The van der Waals surface area contributed by atoms with E-state index < -0.39 is 11.8 Å². The molecule has 1 heterocycles. The first-order valence-corrected chi connectivity index (χ1v) is 8.33. The number of hydrogen-bond donors (Lipinski definition) is 3. The van der Waals surface area contributed by atoms with Gasteiger partial charge < -0.3 is 20.4 Å². The highest BCUT2D eigenvalue weighted by atomic mass is 32.2. The molecule has 126 valence electrons. The molecule has 0 fully saturated rings. The summed E-state index contributed by atoms with van der Waals surface area (Å²) in [4.78, 5) is 36.0. The van der Waals surface area contributed by atoms with Gasteiger partial charge in [0, 0.05) is 10.6 Å². The van der Waals surface area contributed by atoms with Gasteiger partial charge in [-0.1, -0.05) is 0 Å². The molecule has 0 spiro atoms. The minimum atomic E-state index is -0.492. The Labute approximate surface area is 143 Å². The molecule has 7 nitrogen and oxygen atoms in total. The maximum atomic E-state index is 11.8. The lowest BCUT2D eigenvalue weighted by Crippen LogP contribution is -2.40. The number of anilines is 1. The monoisotopic (exact) mass is 347 g/mol. The summed E-state index contributed by atoms with van der Waals surface area (Å²) in [5.74, 6) is -1.19. The number of carbonyl (C=O) groups is 3. The second kappa shape index (κ2) is 8.78. The van der Waals surface area contributed by atoms with Crippen molar-refractivity contribution in [3.63, 3.8) is 0 Å². The molecule has 0 aliphatic carbocycles. The average molecular weight is 347 g/mol. The standard InChI is InChI=1S/C16H17N3O4S/c1-24-12-6-4-11(5-7-12)19-15(21)10-17-14(20)9-18-16(22)13-3-2-8-23-13/h2-8H,9-10H2,1H3,(H,17,20)(H,18,22)(H,19,21). The molecular formula is C16H17N3O4S. The minimum Gasteiger partial charge on any atom is -0.459 e. The molecule has 0 saturated heterocycles. The van der Waals surface area contributed by atoms with Crippen LogP contribution in [0.4, 0.5) is 5.69 Å². The third-order valence-corrected chi connectivity index (χ3v) is 3.72. The van der Waals surface area contributed by atoms with Crippen LogP contribution in [0.25, 0.3) is 0 Å². The molecular weight excluding hydrogens is 330 g/mol. The number of thioether (sulfide) groups is 1. The highest BCUT2D eigenvalue weighted by Gasteiger charge is 2.11. The van der Waals surface area contributed by atoms with Crippen molar-refractivity contribution in [2.75, 3.05) is 24.7 Å². The Hall–Kier alpha value is -2.74. The van der Waals surface area contributed by atoms with Crippen molar-refractivity contribution >= 4 is 35.2 Å². The molecule has 1 aromatic carbocycles. The summed E-state index contributed by atoms with van der Waals surface area (Å²) in [6, 6.07) is 10.4. The van der Waals surface area contributed by atoms with Crippen molar-refractivity contribution in [3.8, 4) is 0 Å². The van der Waals surface area contributed by atoms with Crippen LogP contribution in [-0.4, -0.2) is 37.1 Å². The topological polar surface area (TPSA) is 100 Å². The summed E-state index contributed by atoms with van der Waals surface area (Å²) in [5.41, 5.74) is 0.651. The van der Waals surface area contributed by atoms with Crippen LogP contribution in [0.1, 0.15) is 10.6 Å². The Kier molecular flexibility index (Phi) is 6.44. The zero-order valence-corrected chi connectivity index (χ0v) is 13.8. The van der Waals surface area contributed by atoms with Crippen LogP contribution in [-0.2, 0) is 9.59 Å². The van der Waals surface area contributed by atoms with E-state index in [2.05, 4.69) is 16.0 Å². The Balaban J connectivity index is 1.68. The van der Waals surface area contributed by atoms with Crippen LogP contribution < -0.4 is 16.0 Å². The summed E-state index contributed by atoms with van der Waals surface area (Å²) in [6.45, 7) is -0.422. The fourth-order valence-corrected chi connectivity index (χ4v) is 2.18. The molecule has 8 heteroatoms. The van der Waals surface area contributed by atoms with Crippen molar-refractivity contribution < 1.29 is 18.8 Å². The quantitative estimate of drug-likeness (QED) is 0.659. The van der Waals surface area contributed by atoms with Crippen molar-refractivity contribution in [2.45, 2.75) is 4.90 Å². The second-order valence-corrected chi connectivity index (χ2v) is 5.59. The smallest absolute Gasteiger partial charge is 0.287 e. The number of nitrogens with one attached hydrogen (secondary N) is 3. The molecule has 1 aromatic heterocycles. The van der Waals surface area contributed by atoms with Gasteiger partial charge in [0.1, 0.15) is 0 Å². The minimum absolute atomic E-state index is 0.120. The van der Waals surface area contributed by atoms with Crippen LogP contribution in [0.15, 0.2) is 52.0 Å². The average Bonchev–Trinajstić information content (AvgIpc) is 3.13. The normalized spacial score (nSPS) is 10.0. The van der Waals surface area contributed by atoms with Crippen LogP contribution in [0, 0.1) is 0 Å². The Morgan fingerprint density at radius 3 is 2.33 bits per heavy atom. The number of benzene rings is 1. The number of furan rings is 1. The fraction of sp³-hybridized carbons (Fsp3) is 0.188. The molecule has 0 unspecified atom stereocenters. The van der Waals surface area contributed by atoms with E-state index in [1.54, 1.807) is 30.0 Å². The predicted molar refractivity (Wildman–Crippen MR) is 90.9 cm³/mol. The maximum Gasteiger partial charge on any atom is 0.287 e. The first-order chi connectivity index (χ1) is 11.6. The third-order valence-electron chi connectivity index (χ3n) is 2.97. The lowest BCUT2D eigenvalue weighted by atomic mass is 10.3. The zero-order chi connectivity index (χ0) is 17.4. The van der Waals surface area contributed by atoms with Crippen molar-refractivity contribution in [2.24, 2.45) is 0 Å². The zero-order valence-electron chi connectivity index (χ0n) is 13.0. The fourth-order valence-electron chi connectivity index (χ4n) is 1.78. The van der Waals surface area contributed by atoms with Gasteiger partial charge in [-0.2, -0.15) is 0 Å². The first kappa shape index (κ1) is 17.6. The van der Waals surface area contributed by atoms with Gasteiger partial charge in [0.05, 0.1) is 19.4 Å². The van der Waals surface area contributed by atoms with E-state index in [0.29, 0.717) is 5.69 Å². The molecule has 0 aliphatic rings. The molecule has 0 radical (unpaired) electrons. The molecule has 2 rings (SSSR count). The van der Waals surface area contributed by atoms with Crippen molar-refractivity contribution in [1.29, 1.82) is 0 Å². The Morgan fingerprint density at radius 2 is 1.71 bits per heavy atom. The SMILES string of the molecule is CSc1ccc(NC(=O)CNC(=O)CNC(=O)c2ccco2)cc1. The van der Waals surface area contributed by atoms with Gasteiger partial charge >= 0.3 is 0 Å². The van der Waals surface area contributed by atoms with E-state index >= 15 is 0 Å². The Morgan fingerprint density at radius 1 is 1.00 bits per heavy atom. The summed E-state index contributed by atoms with van der Waals surface area (Å²) in [6.07, 6.45) is 3.33. The van der Waals surface area contributed by atoms with Gasteiger partial charge in [0.15, 0.2) is 5.76 Å². The lowest BCUT2D eigenvalue weighted by molar-refractivity contribution is -0.123. The molecule has 24 heavy (non-hydrogen) atoms. The van der Waals surface area contributed by atoms with E-state index in [1.165, 1.54) is 12.3 Å². The number of hydrogen-bond acceptors (Lipinski definition) is 5. The van der Waals surface area contributed by atoms with Crippen LogP contribution in [0.3, 0.4) is 0 Å². The molecule has 3 N–H and O–H groups in total. The van der Waals surface area contributed by atoms with Crippen LogP contribution in [0.2, 0.25) is 0 Å². The largest absolute Gasteiger partial charge is 0.459 e. The second-order valence-electron chi connectivity index (χ2n) is 4.71. The van der Waals surface area contributed by atoms with Gasteiger partial charge in [-0.15, -0.1) is 11.8 Å². The highest BCUT2D eigenvalue weighted by molar-refractivity contribution is 7.98. The van der Waals surface area contributed by atoms with Crippen LogP contribution >= 0.6 is 11.8 Å². The van der Waals surface area contributed by atoms with E-state index in [-0.39, 0.29) is 24.8 Å². The third kappa shape index (κ3) is 5.47. The van der Waals surface area contributed by atoms with Gasteiger partial charge in [0.25, 0.3) is 5.91 Å². The first-order valence-electron chi connectivity index (χ1n) is 7.11. The van der Waals surface area contributed by atoms with Crippen LogP contribution in [0.5, 0.6) is 0 Å². The number of rotatable bonds is 7. The number of amides is 3. The maximum absolute atomic E-state index is 11.8. The summed E-state index contributed by atoms with van der Waals surface area (Å²) < 4.78 is 4.90. The number of carbonyl (C=O) groups excluding carboxylic acids is 3. The van der Waals surface area contributed by atoms with E-state index in [9.17, 15) is 14.4 Å². The summed E-state index contributed by atoms with van der Waals surface area (Å²) in [7, 11) is 0. The molecule has 0 atom stereocenters. The van der Waals surface area contributed by atoms with E-state index in [4.69, 9.17) is 4.42 Å². The summed E-state index contributed by atoms with van der Waals surface area (Å²) in [5, 5.41) is 7.49. The lowest BCUT2D eigenvalue weighted by Gasteiger charge is -2.08. The summed E-state index contributed by atoms with van der Waals surface area (Å²) >= 11 is 1.61. The van der Waals surface area contributed by atoms with Crippen molar-refractivity contribution in [1.82, 2.24) is 10.6 Å². The predicted octanol–water partition coefficient (Wildman–Crippen LogP) is 1.49. The van der Waals surface area contributed by atoms with E-state index in [1.807, 2.05) is 18.4 Å². The highest BCUT2D eigenvalue weighted by Crippen LogP contribution is 2.17. The molecule has 0 aliphatic heterocycles. The van der Waals surface area contributed by atoms with Crippen molar-refractivity contribution in [3.05, 3.63) is 48.4 Å². The molecule has 0 bridgehead atoms.